The minimum absolute atomic E-state index is 0.0230. The van der Waals surface area contributed by atoms with Crippen molar-refractivity contribution in [1.29, 1.82) is 0 Å². The molecular formula is C112H105Cl4N13O14. The SMILES string of the molecule is CC(=O)N(c1ccc(Cl)cc1)[C@@H]1C[C@H](C)N(C(=O)c2ccc(O)cc2)c2ccccc21.CC(=O)N(c1ccc(Cl)cc1)[C@@H]1C[C@H](C)N(C(=O)c2ccc(OCc3ccncc3)cc2)c2ccccc21.CC(=O)N(c1ccc(Cl)cc1)[C@@H]1C[C@H](C)N(C(=O)c2ccc(OCc3nn[nH]n3)cc2)c2ccccc21.CC(=O)N(c1ccc(Cl)cc1)[C@@H]1C[C@H](C)N(C(=O)c2cccc(OCCCC(=O)O)c2)c2ccccc21. The number of carboxylic acids is 1. The van der Waals surface area contributed by atoms with E-state index in [4.69, 9.17) is 65.7 Å². The Kier molecular flexibility index (Phi) is 33.3. The Morgan fingerprint density at radius 2 is 0.678 bits per heavy atom. The van der Waals surface area contributed by atoms with Gasteiger partial charge in [0.2, 0.25) is 29.5 Å². The lowest BCUT2D eigenvalue weighted by atomic mass is 9.89. The molecule has 12 aromatic carbocycles. The third-order valence-electron chi connectivity index (χ3n) is 25.3. The van der Waals surface area contributed by atoms with E-state index in [0.29, 0.717) is 104 Å². The number of carbonyl (C=O) groups is 9. The number of hydrogen-bond donors (Lipinski definition) is 3. The lowest BCUT2D eigenvalue weighted by Crippen LogP contribution is -2.47. The molecule has 8 amide bonds. The van der Waals surface area contributed by atoms with Crippen LogP contribution in [0.1, 0.15) is 193 Å². The number of nitrogens with zero attached hydrogens (tertiary/aromatic N) is 12. The number of carbonyl (C=O) groups excluding carboxylic acids is 8. The van der Waals surface area contributed by atoms with Gasteiger partial charge in [-0.1, -0.05) is 130 Å². The van der Waals surface area contributed by atoms with Crippen molar-refractivity contribution in [3.8, 4) is 23.0 Å². The monoisotopic (exact) mass is 2000 g/mol. The molecule has 4 aliphatic rings. The van der Waals surface area contributed by atoms with Gasteiger partial charge < -0.3 is 63.6 Å². The van der Waals surface area contributed by atoms with Gasteiger partial charge in [-0.05, 0) is 312 Å². The minimum atomic E-state index is -0.872. The van der Waals surface area contributed by atoms with Crippen LogP contribution in [-0.2, 0) is 37.2 Å². The summed E-state index contributed by atoms with van der Waals surface area (Å²) in [6.07, 6.45) is 6.18. The molecule has 14 aromatic rings. The van der Waals surface area contributed by atoms with Crippen LogP contribution in [0.4, 0.5) is 45.5 Å². The lowest BCUT2D eigenvalue weighted by Gasteiger charge is -2.43. The summed E-state index contributed by atoms with van der Waals surface area (Å²) < 4.78 is 17.2. The number of hydrogen-bond acceptors (Lipinski definition) is 17. The Labute approximate surface area is 848 Å². The number of anilines is 8. The van der Waals surface area contributed by atoms with Crippen LogP contribution in [0.5, 0.6) is 23.0 Å². The summed E-state index contributed by atoms with van der Waals surface area (Å²) in [6.45, 7) is 15.1. The fraction of sp³-hybridized carbons (Fsp3) is 0.223. The lowest BCUT2D eigenvalue weighted by molar-refractivity contribution is -0.137. The average Bonchev–Trinajstić information content (AvgIpc) is 1.11. The summed E-state index contributed by atoms with van der Waals surface area (Å²) in [7, 11) is 0. The second-order valence-electron chi connectivity index (χ2n) is 35.0. The maximum Gasteiger partial charge on any atom is 0.303 e. The van der Waals surface area contributed by atoms with Gasteiger partial charge in [-0.25, -0.2) is 0 Å². The number of ether oxygens (including phenoxy) is 3. The summed E-state index contributed by atoms with van der Waals surface area (Å²) in [5.74, 6) is 0.625. The molecule has 3 N–H and O–H groups in total. The highest BCUT2D eigenvalue weighted by atomic mass is 35.5. The number of H-pyrrole nitrogens is 1. The molecule has 6 heterocycles. The molecule has 0 unspecified atom stereocenters. The number of para-hydroxylation sites is 4. The van der Waals surface area contributed by atoms with Crippen molar-refractivity contribution in [3.05, 3.63) is 392 Å². The summed E-state index contributed by atoms with van der Waals surface area (Å²) in [5, 5.41) is 34.4. The van der Waals surface area contributed by atoms with Gasteiger partial charge >= 0.3 is 5.97 Å². The predicted octanol–water partition coefficient (Wildman–Crippen LogP) is 23.5. The van der Waals surface area contributed by atoms with Crippen molar-refractivity contribution in [2.75, 3.05) is 45.8 Å². The first kappa shape index (κ1) is 102. The molecule has 2 aromatic heterocycles. The highest BCUT2D eigenvalue weighted by Crippen LogP contribution is 2.49. The predicted molar refractivity (Wildman–Crippen MR) is 556 cm³/mol. The van der Waals surface area contributed by atoms with Gasteiger partial charge in [0.15, 0.2) is 6.61 Å². The number of aliphatic carboxylic acids is 1. The number of aromatic nitrogens is 5. The first-order valence-corrected chi connectivity index (χ1v) is 48.2. The van der Waals surface area contributed by atoms with Crippen LogP contribution in [0.25, 0.3) is 0 Å². The molecule has 0 spiro atoms. The van der Waals surface area contributed by atoms with E-state index in [-0.39, 0.29) is 121 Å². The van der Waals surface area contributed by atoms with Gasteiger partial charge in [0.25, 0.3) is 23.6 Å². The minimum Gasteiger partial charge on any atom is -0.508 e. The number of phenolic OH excluding ortho intramolecular Hbond substituents is 1. The molecule has 0 aliphatic carbocycles. The summed E-state index contributed by atoms with van der Waals surface area (Å²) in [5.41, 5.74) is 12.9. The second-order valence-corrected chi connectivity index (χ2v) is 36.8. The van der Waals surface area contributed by atoms with Gasteiger partial charge in [-0.3, -0.25) is 48.1 Å². The van der Waals surface area contributed by atoms with E-state index in [2.05, 4.69) is 25.6 Å². The van der Waals surface area contributed by atoms with E-state index in [1.807, 2.05) is 202 Å². The number of aromatic hydroxyl groups is 1. The standard InChI is InChI=1S/C31H28ClN3O3.C29H29ClN2O5.C27H25ClN6O3.C25H23ClN2O3/c1-21-19-30(35(22(2)36)26-11-9-25(32)10-12-26)28-5-3-4-6-29(28)34(21)31(37)24-7-13-27(14-8-24)38-20-23-15-17-33-18-16-23;1-19-17-27(32(20(2)33)23-14-12-22(30)13-15-23)25-9-3-4-10-26(25)31(19)29(36)21-7-5-8-24(18-21)37-16-6-11-28(34)35;1-17-15-25(34(18(2)35)21-11-9-20(28)10-12-21)23-5-3-4-6-24(23)33(17)27(36)19-7-13-22(14-8-19)37-16-26-29-31-32-30-26;1-16-15-24(28(17(2)29)20-11-9-19(26)10-12-20)22-5-3-4-6-23(22)27(16)25(31)18-7-13-21(30)14-8-18/h3-18,21,30H,19-20H2,1-2H3;3-5,7-10,12-15,18-19,27H,6,11,16-17H2,1-2H3,(H,34,35);3-14,17,25H,15-16H2,1-2H3,(H,29,30,31,32);3-14,16,24,30H,15H2,1-2H3/t21-,30+;19-,27+;17-,25+;16-,24+/m0000/s1. The van der Waals surface area contributed by atoms with Gasteiger partial charge in [0.05, 0.1) is 30.8 Å². The van der Waals surface area contributed by atoms with E-state index in [1.54, 1.807) is 196 Å². The zero-order chi connectivity index (χ0) is 101. The third kappa shape index (κ3) is 24.2. The number of halogens is 4. The number of pyridine rings is 1. The molecule has 27 nitrogen and oxygen atoms in total. The number of fused-ring (bicyclic) bond motifs is 4. The molecular weight excluding hydrogens is 1890 g/mol. The number of amides is 8. The third-order valence-corrected chi connectivity index (χ3v) is 26.3. The Morgan fingerprint density at radius 1 is 0.364 bits per heavy atom. The van der Waals surface area contributed by atoms with Crippen molar-refractivity contribution >= 4 is 145 Å². The van der Waals surface area contributed by atoms with Crippen LogP contribution in [0.2, 0.25) is 20.1 Å². The number of rotatable bonds is 23. The van der Waals surface area contributed by atoms with Gasteiger partial charge in [0.1, 0.15) is 29.6 Å². The molecule has 0 fully saturated rings. The van der Waals surface area contributed by atoms with E-state index >= 15 is 0 Å². The zero-order valence-electron chi connectivity index (χ0n) is 79.7. The van der Waals surface area contributed by atoms with E-state index in [9.17, 15) is 48.3 Å². The number of carboxylic acid groups (broad SMARTS) is 1. The molecule has 0 saturated carbocycles. The fourth-order valence-electron chi connectivity index (χ4n) is 18.8. The molecule has 0 radical (unpaired) electrons. The van der Waals surface area contributed by atoms with Crippen LogP contribution in [-0.4, -0.2) is 120 Å². The molecule has 0 saturated heterocycles. The van der Waals surface area contributed by atoms with Crippen molar-refractivity contribution in [1.82, 2.24) is 25.6 Å². The van der Waals surface area contributed by atoms with Crippen LogP contribution in [0.15, 0.2) is 316 Å². The highest BCUT2D eigenvalue weighted by Gasteiger charge is 2.44. The average molecular weight is 2000 g/mol. The topological polar surface area (TPSA) is 315 Å². The first-order valence-electron chi connectivity index (χ1n) is 46.7. The molecule has 18 rings (SSSR count). The molecule has 31 heteroatoms. The van der Waals surface area contributed by atoms with Crippen molar-refractivity contribution in [2.24, 2.45) is 0 Å². The smallest absolute Gasteiger partial charge is 0.303 e. The Morgan fingerprint density at radius 3 is 0.993 bits per heavy atom. The number of nitrogens with one attached hydrogen (secondary N) is 1. The summed E-state index contributed by atoms with van der Waals surface area (Å²) in [6, 6.07) is 89.4. The number of benzene rings is 12. The first-order chi connectivity index (χ1) is 69.0. The maximum atomic E-state index is 13.8. The Bertz CT molecular complexity index is 6860. The molecule has 730 valence electrons. The van der Waals surface area contributed by atoms with Crippen molar-refractivity contribution in [3.63, 3.8) is 0 Å². The van der Waals surface area contributed by atoms with Crippen molar-refractivity contribution < 1.29 is 67.6 Å². The largest absolute Gasteiger partial charge is 0.508 e. The second kappa shape index (κ2) is 46.7. The highest BCUT2D eigenvalue weighted by molar-refractivity contribution is 6.32. The molecule has 4 aliphatic heterocycles. The Hall–Kier alpha value is -15.6. The number of aromatic amines is 1. The molecule has 0 bridgehead atoms. The van der Waals surface area contributed by atoms with E-state index in [0.717, 1.165) is 73.3 Å². The number of tetrazole rings is 1. The van der Waals surface area contributed by atoms with Crippen molar-refractivity contribution in [2.45, 2.75) is 155 Å². The van der Waals surface area contributed by atoms with Crippen LogP contribution < -0.4 is 53.4 Å². The Balaban J connectivity index is 0.000000144. The van der Waals surface area contributed by atoms with Crippen LogP contribution in [0, 0.1) is 0 Å². The number of phenols is 1. The maximum absolute atomic E-state index is 13.8. The molecule has 8 atom stereocenters. The van der Waals surface area contributed by atoms with E-state index < -0.39 is 5.97 Å². The molecule has 143 heavy (non-hydrogen) atoms. The normalized spacial score (nSPS) is 16.8. The van der Waals surface area contributed by atoms with Gasteiger partial charge in [-0.2, -0.15) is 5.21 Å². The van der Waals surface area contributed by atoms with Gasteiger partial charge in [-0.15, -0.1) is 10.2 Å². The fourth-order valence-corrected chi connectivity index (χ4v) is 19.3. The quantitative estimate of drug-likeness (QED) is 0.0501. The van der Waals surface area contributed by atoms with Crippen LogP contribution in [0.3, 0.4) is 0 Å². The van der Waals surface area contributed by atoms with E-state index in [1.165, 1.54) is 12.1 Å². The van der Waals surface area contributed by atoms with Crippen LogP contribution >= 0.6 is 46.4 Å². The van der Waals surface area contributed by atoms with Gasteiger partial charge in [0, 0.05) is 159 Å². The zero-order valence-corrected chi connectivity index (χ0v) is 82.7. The summed E-state index contributed by atoms with van der Waals surface area (Å²) in [4.78, 5) is 135. The summed E-state index contributed by atoms with van der Waals surface area (Å²) >= 11 is 24.3.